The number of benzene rings is 1. The zero-order valence-corrected chi connectivity index (χ0v) is 10.8. The number of ether oxygens (including phenoxy) is 1. The Labute approximate surface area is 108 Å². The van der Waals surface area contributed by atoms with Crippen LogP contribution in [0.1, 0.15) is 30.7 Å². The van der Waals surface area contributed by atoms with Gasteiger partial charge in [0.05, 0.1) is 18.8 Å². The summed E-state index contributed by atoms with van der Waals surface area (Å²) in [5.74, 6) is 0.684. The molecule has 1 aliphatic rings. The highest BCUT2D eigenvalue weighted by molar-refractivity contribution is 5.20. The van der Waals surface area contributed by atoms with Crippen LogP contribution in [-0.4, -0.2) is 36.1 Å². The van der Waals surface area contributed by atoms with Gasteiger partial charge in [-0.15, -0.1) is 0 Å². The van der Waals surface area contributed by atoms with Crippen LogP contribution in [0.5, 0.6) is 0 Å². The number of aliphatic hydroxyl groups is 2. The summed E-state index contributed by atoms with van der Waals surface area (Å²) in [6.45, 7) is 0.664. The Morgan fingerprint density at radius 1 is 1.17 bits per heavy atom. The average Bonchev–Trinajstić information content (AvgIpc) is 2.40. The van der Waals surface area contributed by atoms with E-state index in [2.05, 4.69) is 12.1 Å². The molecule has 3 heteroatoms. The molecule has 100 valence electrons. The van der Waals surface area contributed by atoms with Crippen LogP contribution in [0.3, 0.4) is 0 Å². The molecular formula is C15H22O3. The molecule has 0 saturated heterocycles. The number of hydrogen-bond donors (Lipinski definition) is 2. The third-order valence-corrected chi connectivity index (χ3v) is 3.96. The van der Waals surface area contributed by atoms with Crippen LogP contribution in [0, 0.1) is 5.92 Å². The minimum Gasteiger partial charge on any atom is -0.390 e. The maximum atomic E-state index is 9.82. The molecule has 0 radical (unpaired) electrons. The minimum atomic E-state index is -0.591. The summed E-state index contributed by atoms with van der Waals surface area (Å²) in [5, 5.41) is 19.4. The summed E-state index contributed by atoms with van der Waals surface area (Å²) in [7, 11) is 1.71. The van der Waals surface area contributed by atoms with Gasteiger partial charge >= 0.3 is 0 Å². The maximum Gasteiger partial charge on any atom is 0.0802 e. The first-order chi connectivity index (χ1) is 8.72. The molecule has 0 amide bonds. The quantitative estimate of drug-likeness (QED) is 0.858. The van der Waals surface area contributed by atoms with Crippen molar-refractivity contribution in [1.82, 2.24) is 0 Å². The zero-order chi connectivity index (χ0) is 13.0. The van der Waals surface area contributed by atoms with Gasteiger partial charge in [-0.2, -0.15) is 0 Å². The molecule has 3 nitrogen and oxygen atoms in total. The van der Waals surface area contributed by atoms with Crippen molar-refractivity contribution in [3.05, 3.63) is 35.9 Å². The fraction of sp³-hybridized carbons (Fsp3) is 0.600. The molecule has 0 spiro atoms. The van der Waals surface area contributed by atoms with Crippen molar-refractivity contribution >= 4 is 0 Å². The topological polar surface area (TPSA) is 49.7 Å². The zero-order valence-electron chi connectivity index (χ0n) is 10.8. The standard InChI is InChI=1S/C15H22O3/c1-18-10-13(11-5-3-2-4-6-11)12-7-8-14(16)15(17)9-12/h2-6,12-17H,7-10H2,1H3/t12?,13?,14-,15?/m0/s1. The SMILES string of the molecule is COCC(c1ccccc1)C1CC[C@H](O)C(O)C1. The van der Waals surface area contributed by atoms with Gasteiger partial charge in [0.2, 0.25) is 0 Å². The molecule has 1 aromatic carbocycles. The lowest BCUT2D eigenvalue weighted by atomic mass is 9.75. The van der Waals surface area contributed by atoms with Gasteiger partial charge < -0.3 is 14.9 Å². The molecule has 0 aromatic heterocycles. The number of hydrogen-bond acceptors (Lipinski definition) is 3. The molecule has 1 aliphatic carbocycles. The van der Waals surface area contributed by atoms with E-state index in [9.17, 15) is 10.2 Å². The molecule has 0 heterocycles. The van der Waals surface area contributed by atoms with E-state index in [-0.39, 0.29) is 0 Å². The van der Waals surface area contributed by atoms with Crippen LogP contribution in [-0.2, 0) is 4.74 Å². The van der Waals surface area contributed by atoms with Crippen LogP contribution in [0.4, 0.5) is 0 Å². The summed E-state index contributed by atoms with van der Waals surface area (Å²) >= 11 is 0. The van der Waals surface area contributed by atoms with E-state index in [1.807, 2.05) is 18.2 Å². The van der Waals surface area contributed by atoms with E-state index in [0.717, 1.165) is 6.42 Å². The summed E-state index contributed by atoms with van der Waals surface area (Å²) in [6, 6.07) is 10.3. The summed E-state index contributed by atoms with van der Waals surface area (Å²) < 4.78 is 5.33. The molecule has 2 rings (SSSR count). The Morgan fingerprint density at radius 3 is 2.50 bits per heavy atom. The van der Waals surface area contributed by atoms with Crippen molar-refractivity contribution in [2.45, 2.75) is 37.4 Å². The third kappa shape index (κ3) is 3.10. The Kier molecular flexibility index (Phi) is 4.75. The third-order valence-electron chi connectivity index (χ3n) is 3.96. The van der Waals surface area contributed by atoms with Crippen molar-refractivity contribution in [2.24, 2.45) is 5.92 Å². The lowest BCUT2D eigenvalue weighted by molar-refractivity contribution is -0.0334. The molecule has 18 heavy (non-hydrogen) atoms. The maximum absolute atomic E-state index is 9.82. The van der Waals surface area contributed by atoms with Gasteiger partial charge in [-0.3, -0.25) is 0 Å². The van der Waals surface area contributed by atoms with Crippen LogP contribution in [0.15, 0.2) is 30.3 Å². The van der Waals surface area contributed by atoms with Crippen LogP contribution in [0.2, 0.25) is 0 Å². The van der Waals surface area contributed by atoms with Gasteiger partial charge in [-0.25, -0.2) is 0 Å². The van der Waals surface area contributed by atoms with E-state index < -0.39 is 12.2 Å². The van der Waals surface area contributed by atoms with Crippen molar-refractivity contribution < 1.29 is 14.9 Å². The van der Waals surface area contributed by atoms with Crippen LogP contribution >= 0.6 is 0 Å². The van der Waals surface area contributed by atoms with Gasteiger partial charge in [0, 0.05) is 13.0 Å². The van der Waals surface area contributed by atoms with Crippen molar-refractivity contribution in [1.29, 1.82) is 0 Å². The highest BCUT2D eigenvalue weighted by Gasteiger charge is 2.32. The molecule has 1 fully saturated rings. The molecule has 2 N–H and O–H groups in total. The fourth-order valence-electron chi connectivity index (χ4n) is 2.91. The highest BCUT2D eigenvalue weighted by Crippen LogP contribution is 2.36. The highest BCUT2D eigenvalue weighted by atomic mass is 16.5. The first-order valence-electron chi connectivity index (χ1n) is 6.62. The Hall–Kier alpha value is -0.900. The van der Waals surface area contributed by atoms with E-state index >= 15 is 0 Å². The van der Waals surface area contributed by atoms with Crippen LogP contribution < -0.4 is 0 Å². The molecule has 3 unspecified atom stereocenters. The Morgan fingerprint density at radius 2 is 1.89 bits per heavy atom. The first-order valence-corrected chi connectivity index (χ1v) is 6.62. The van der Waals surface area contributed by atoms with Gasteiger partial charge in [-0.05, 0) is 30.7 Å². The lowest BCUT2D eigenvalue weighted by Crippen LogP contribution is -2.36. The van der Waals surface area contributed by atoms with Crippen molar-refractivity contribution in [3.8, 4) is 0 Å². The monoisotopic (exact) mass is 250 g/mol. The van der Waals surface area contributed by atoms with Crippen LogP contribution in [0.25, 0.3) is 0 Å². The predicted octanol–water partition coefficient (Wildman–Crippen LogP) is 1.94. The summed E-state index contributed by atoms with van der Waals surface area (Å²) in [4.78, 5) is 0. The Balaban J connectivity index is 2.11. The van der Waals surface area contributed by atoms with Crippen molar-refractivity contribution in [3.63, 3.8) is 0 Å². The first kappa shape index (κ1) is 13.5. The van der Waals surface area contributed by atoms with Gasteiger partial charge in [0.25, 0.3) is 0 Å². The average molecular weight is 250 g/mol. The molecule has 1 aromatic rings. The summed E-state index contributed by atoms with van der Waals surface area (Å²) in [6.07, 6.45) is 1.14. The van der Waals surface area contributed by atoms with E-state index in [1.54, 1.807) is 7.11 Å². The van der Waals surface area contributed by atoms with Crippen molar-refractivity contribution in [2.75, 3.05) is 13.7 Å². The fourth-order valence-corrected chi connectivity index (χ4v) is 2.91. The summed E-state index contributed by atoms with van der Waals surface area (Å²) in [5.41, 5.74) is 1.26. The van der Waals surface area contributed by atoms with E-state index in [0.29, 0.717) is 31.3 Å². The second kappa shape index (κ2) is 6.32. The Bertz CT molecular complexity index is 352. The molecular weight excluding hydrogens is 228 g/mol. The van der Waals surface area contributed by atoms with E-state index in [4.69, 9.17) is 4.74 Å². The molecule has 1 saturated carbocycles. The number of methoxy groups -OCH3 is 1. The normalized spacial score (nSPS) is 30.1. The number of rotatable bonds is 4. The molecule has 0 aliphatic heterocycles. The largest absolute Gasteiger partial charge is 0.390 e. The number of aliphatic hydroxyl groups excluding tert-OH is 2. The van der Waals surface area contributed by atoms with Gasteiger partial charge in [0.15, 0.2) is 0 Å². The predicted molar refractivity (Wildman–Crippen MR) is 70.4 cm³/mol. The smallest absolute Gasteiger partial charge is 0.0802 e. The van der Waals surface area contributed by atoms with Gasteiger partial charge in [-0.1, -0.05) is 30.3 Å². The van der Waals surface area contributed by atoms with Gasteiger partial charge in [0.1, 0.15) is 0 Å². The second-order valence-corrected chi connectivity index (χ2v) is 5.18. The molecule has 4 atom stereocenters. The lowest BCUT2D eigenvalue weighted by Gasteiger charge is -2.35. The molecule has 0 bridgehead atoms. The minimum absolute atomic E-state index is 0.304. The van der Waals surface area contributed by atoms with E-state index in [1.165, 1.54) is 5.56 Å². The second-order valence-electron chi connectivity index (χ2n) is 5.18.